The van der Waals surface area contributed by atoms with Gasteiger partial charge in [0.2, 0.25) is 11.0 Å². The fraction of sp³-hybridized carbons (Fsp3) is 0.217. The number of benzene rings is 2. The number of thioether (sulfide) groups is 2. The van der Waals surface area contributed by atoms with E-state index in [0.717, 1.165) is 20.3 Å². The highest BCUT2D eigenvalue weighted by atomic mass is 79.9. The third-order valence-corrected chi connectivity index (χ3v) is 8.58. The van der Waals surface area contributed by atoms with Gasteiger partial charge in [0, 0.05) is 15.2 Å². The number of hydrogen-bond donors (Lipinski definition) is 2. The van der Waals surface area contributed by atoms with Crippen molar-refractivity contribution < 1.29 is 14.3 Å². The normalized spacial score (nSPS) is 10.9. The molecule has 0 saturated carbocycles. The molecule has 10 nitrogen and oxygen atoms in total. The van der Waals surface area contributed by atoms with Crippen molar-refractivity contribution in [2.24, 2.45) is 0 Å². The second-order valence-electron chi connectivity index (χ2n) is 7.49. The molecule has 0 unspecified atom stereocenters. The van der Waals surface area contributed by atoms with Gasteiger partial charge in [-0.05, 0) is 48.2 Å². The Balaban J connectivity index is 1.40. The number of amides is 2. The van der Waals surface area contributed by atoms with Gasteiger partial charge >= 0.3 is 0 Å². The summed E-state index contributed by atoms with van der Waals surface area (Å²) in [6.45, 7) is 1.85. The minimum absolute atomic E-state index is 0.0759. The molecule has 204 valence electrons. The van der Waals surface area contributed by atoms with Crippen LogP contribution >= 0.6 is 74.0 Å². The van der Waals surface area contributed by atoms with Crippen LogP contribution in [0.5, 0.6) is 5.75 Å². The quantitative estimate of drug-likeness (QED) is 0.142. The fourth-order valence-electron chi connectivity index (χ4n) is 3.05. The van der Waals surface area contributed by atoms with E-state index in [4.69, 9.17) is 27.9 Å². The van der Waals surface area contributed by atoms with Gasteiger partial charge in [0.15, 0.2) is 21.9 Å². The summed E-state index contributed by atoms with van der Waals surface area (Å²) < 4.78 is 8.97. The molecule has 0 radical (unpaired) electrons. The molecule has 0 aliphatic carbocycles. The van der Waals surface area contributed by atoms with Gasteiger partial charge in [0.05, 0.1) is 17.3 Å². The van der Waals surface area contributed by atoms with Gasteiger partial charge in [-0.2, -0.15) is 0 Å². The first-order valence-electron chi connectivity index (χ1n) is 11.3. The molecule has 39 heavy (non-hydrogen) atoms. The van der Waals surface area contributed by atoms with Crippen LogP contribution in [0.1, 0.15) is 12.7 Å². The molecule has 2 aromatic carbocycles. The van der Waals surface area contributed by atoms with Crippen molar-refractivity contribution in [1.82, 2.24) is 30.3 Å². The molecule has 0 atom stereocenters. The Morgan fingerprint density at radius 2 is 1.85 bits per heavy atom. The zero-order valence-corrected chi connectivity index (χ0v) is 25.7. The van der Waals surface area contributed by atoms with Crippen LogP contribution in [0.25, 0.3) is 5.69 Å². The lowest BCUT2D eigenvalue weighted by Crippen LogP contribution is -2.29. The Morgan fingerprint density at radius 3 is 2.59 bits per heavy atom. The monoisotopic (exact) mass is 687 g/mol. The highest BCUT2D eigenvalue weighted by Gasteiger charge is 2.18. The van der Waals surface area contributed by atoms with Crippen LogP contribution in [0.2, 0.25) is 10.0 Å². The second kappa shape index (κ2) is 14.3. The van der Waals surface area contributed by atoms with Crippen LogP contribution in [0, 0.1) is 0 Å². The molecule has 2 heterocycles. The Kier molecular flexibility index (Phi) is 10.9. The highest BCUT2D eigenvalue weighted by Crippen LogP contribution is 2.28. The molecule has 0 fully saturated rings. The lowest BCUT2D eigenvalue weighted by molar-refractivity contribution is -0.123. The number of aromatic nitrogens is 5. The predicted octanol–water partition coefficient (Wildman–Crippen LogP) is 5.73. The minimum atomic E-state index is -0.377. The van der Waals surface area contributed by atoms with E-state index in [0.29, 0.717) is 31.9 Å². The lowest BCUT2D eigenvalue weighted by atomic mass is 10.3. The van der Waals surface area contributed by atoms with Crippen molar-refractivity contribution in [1.29, 1.82) is 0 Å². The van der Waals surface area contributed by atoms with Crippen molar-refractivity contribution in [3.05, 3.63) is 62.8 Å². The minimum Gasteiger partial charge on any atom is -0.482 e. The summed E-state index contributed by atoms with van der Waals surface area (Å²) in [6.07, 6.45) is 0. The highest BCUT2D eigenvalue weighted by molar-refractivity contribution is 9.10. The van der Waals surface area contributed by atoms with E-state index in [1.54, 1.807) is 28.5 Å². The van der Waals surface area contributed by atoms with E-state index in [1.807, 2.05) is 31.2 Å². The Morgan fingerprint density at radius 1 is 1.05 bits per heavy atom. The molecule has 0 aliphatic rings. The molecule has 2 amide bonds. The molecule has 2 aromatic heterocycles. The predicted molar refractivity (Wildman–Crippen MR) is 159 cm³/mol. The van der Waals surface area contributed by atoms with E-state index < -0.39 is 0 Å². The maximum Gasteiger partial charge on any atom is 0.258 e. The second-order valence-corrected chi connectivity index (χ2v) is 12.7. The summed E-state index contributed by atoms with van der Waals surface area (Å²) in [5, 5.41) is 23.8. The van der Waals surface area contributed by atoms with Crippen LogP contribution < -0.4 is 15.4 Å². The molecule has 4 rings (SSSR count). The SMILES string of the molecule is CCSc1nnc(NC(=O)CSc2nnc(CNC(=O)COc3ccc(Cl)cc3Cl)n2-c2ccc(Br)cc2)s1. The molecule has 4 aromatic rings. The van der Waals surface area contributed by atoms with Crippen molar-refractivity contribution in [3.63, 3.8) is 0 Å². The van der Waals surface area contributed by atoms with Gasteiger partial charge < -0.3 is 10.1 Å². The largest absolute Gasteiger partial charge is 0.482 e. The number of carbonyl (C=O) groups is 2. The van der Waals surface area contributed by atoms with Gasteiger partial charge in [-0.25, -0.2) is 0 Å². The number of nitrogens with zero attached hydrogens (tertiary/aromatic N) is 5. The van der Waals surface area contributed by atoms with E-state index in [2.05, 4.69) is 47.0 Å². The van der Waals surface area contributed by atoms with Gasteiger partial charge in [-0.3, -0.25) is 19.5 Å². The molecule has 0 saturated heterocycles. The van der Waals surface area contributed by atoms with Crippen molar-refractivity contribution in [2.75, 3.05) is 23.4 Å². The van der Waals surface area contributed by atoms with E-state index in [-0.39, 0.29) is 30.7 Å². The third kappa shape index (κ3) is 8.56. The van der Waals surface area contributed by atoms with E-state index >= 15 is 0 Å². The number of anilines is 1. The van der Waals surface area contributed by atoms with Crippen LogP contribution in [0.4, 0.5) is 5.13 Å². The number of hydrogen-bond acceptors (Lipinski definition) is 10. The molecular weight excluding hydrogens is 669 g/mol. The Hall–Kier alpha value is -2.36. The number of rotatable bonds is 12. The van der Waals surface area contributed by atoms with Crippen molar-refractivity contribution in [2.45, 2.75) is 23.0 Å². The smallest absolute Gasteiger partial charge is 0.258 e. The summed E-state index contributed by atoms with van der Waals surface area (Å²) in [6, 6.07) is 12.3. The van der Waals surface area contributed by atoms with Gasteiger partial charge in [-0.1, -0.05) is 80.9 Å². The summed E-state index contributed by atoms with van der Waals surface area (Å²) in [5.74, 6) is 1.15. The number of halogens is 3. The number of carbonyl (C=O) groups excluding carboxylic acids is 2. The zero-order valence-electron chi connectivity index (χ0n) is 20.2. The van der Waals surface area contributed by atoms with Gasteiger partial charge in [-0.15, -0.1) is 20.4 Å². The average Bonchev–Trinajstić information content (AvgIpc) is 3.53. The number of nitrogens with one attached hydrogen (secondary N) is 2. The maximum atomic E-state index is 12.5. The molecule has 0 aliphatic heterocycles. The fourth-order valence-corrected chi connectivity index (χ4v) is 6.21. The lowest BCUT2D eigenvalue weighted by Gasteiger charge is -2.12. The van der Waals surface area contributed by atoms with Crippen LogP contribution in [-0.2, 0) is 16.1 Å². The van der Waals surface area contributed by atoms with Crippen molar-refractivity contribution >= 4 is 90.9 Å². The first-order valence-corrected chi connectivity index (χ1v) is 15.6. The van der Waals surface area contributed by atoms with E-state index in [9.17, 15) is 9.59 Å². The Bertz CT molecular complexity index is 1450. The summed E-state index contributed by atoms with van der Waals surface area (Å²) in [7, 11) is 0. The summed E-state index contributed by atoms with van der Waals surface area (Å²) in [5.41, 5.74) is 0.768. The van der Waals surface area contributed by atoms with Gasteiger partial charge in [0.25, 0.3) is 5.91 Å². The Labute approximate surface area is 254 Å². The first kappa shape index (κ1) is 29.6. The molecule has 16 heteroatoms. The van der Waals surface area contributed by atoms with Crippen LogP contribution in [-0.4, -0.2) is 54.9 Å². The van der Waals surface area contributed by atoms with Gasteiger partial charge in [0.1, 0.15) is 5.75 Å². The van der Waals surface area contributed by atoms with Crippen molar-refractivity contribution in [3.8, 4) is 11.4 Å². The third-order valence-electron chi connectivity index (χ3n) is 4.73. The van der Waals surface area contributed by atoms with Crippen LogP contribution in [0.15, 0.2) is 56.4 Å². The van der Waals surface area contributed by atoms with E-state index in [1.165, 1.54) is 29.2 Å². The standard InChI is InChI=1S/C23H20BrCl2N7O3S3/c1-2-37-23-32-30-21(39-23)28-20(35)12-38-22-31-29-18(33(22)15-6-3-13(24)4-7-15)10-27-19(34)11-36-17-8-5-14(25)9-16(17)26/h3-9H,2,10-12H2,1H3,(H,27,34)(H,28,30,35). The molecule has 0 bridgehead atoms. The average molecular weight is 689 g/mol. The topological polar surface area (TPSA) is 124 Å². The zero-order chi connectivity index (χ0) is 27.8. The number of ether oxygens (including phenoxy) is 1. The summed E-state index contributed by atoms with van der Waals surface area (Å²) in [4.78, 5) is 25.0. The molecule has 0 spiro atoms. The first-order chi connectivity index (χ1) is 18.8. The summed E-state index contributed by atoms with van der Waals surface area (Å²) >= 11 is 19.5. The molecular formula is C23H20BrCl2N7O3S3. The van der Waals surface area contributed by atoms with Crippen LogP contribution in [0.3, 0.4) is 0 Å². The molecule has 2 N–H and O–H groups in total. The maximum absolute atomic E-state index is 12.5.